The van der Waals surface area contributed by atoms with Gasteiger partial charge in [-0.3, -0.25) is 0 Å². The Bertz CT molecular complexity index is 308. The summed E-state index contributed by atoms with van der Waals surface area (Å²) in [5.74, 6) is 0. The quantitative estimate of drug-likeness (QED) is 0.612. The number of thioether (sulfide) groups is 1. The van der Waals surface area contributed by atoms with Gasteiger partial charge in [-0.2, -0.15) is 0 Å². The average Bonchev–Trinajstić information content (AvgIpc) is 3.02. The molecule has 1 unspecified atom stereocenters. The first-order valence-electron chi connectivity index (χ1n) is 5.43. The molecule has 3 nitrogen and oxygen atoms in total. The first-order chi connectivity index (χ1) is 7.24. The molecule has 82 valence electrons. The Morgan fingerprint density at radius 3 is 2.73 bits per heavy atom. The zero-order valence-electron chi connectivity index (χ0n) is 9.23. The first-order valence-corrected chi connectivity index (χ1v) is 6.30. The van der Waals surface area contributed by atoms with E-state index in [1.807, 2.05) is 19.3 Å². The van der Waals surface area contributed by atoms with Crippen molar-refractivity contribution in [2.45, 2.75) is 43.1 Å². The van der Waals surface area contributed by atoms with Crippen LogP contribution in [-0.4, -0.2) is 27.8 Å². The first kappa shape index (κ1) is 10.9. The summed E-state index contributed by atoms with van der Waals surface area (Å²) >= 11 is 1.74. The number of hydrogen-bond acceptors (Lipinski definition) is 4. The zero-order valence-corrected chi connectivity index (χ0v) is 10.0. The van der Waals surface area contributed by atoms with E-state index in [-0.39, 0.29) is 0 Å². The Morgan fingerprint density at radius 1 is 1.47 bits per heavy atom. The maximum Gasteiger partial charge on any atom is 0.187 e. The SMILES string of the molecule is Cc1cnc(SC(C)CNC2CC2)nc1. The second kappa shape index (κ2) is 4.94. The van der Waals surface area contributed by atoms with Crippen LogP contribution in [0.4, 0.5) is 0 Å². The highest BCUT2D eigenvalue weighted by molar-refractivity contribution is 7.99. The standard InChI is InChI=1S/C11H17N3S/c1-8-5-13-11(14-6-8)15-9(2)7-12-10-3-4-10/h5-6,9-10,12H,3-4,7H2,1-2H3. The van der Waals surface area contributed by atoms with Gasteiger partial charge in [0.15, 0.2) is 5.16 Å². The molecule has 0 amide bonds. The largest absolute Gasteiger partial charge is 0.313 e. The van der Waals surface area contributed by atoms with Crippen molar-refractivity contribution >= 4 is 11.8 Å². The number of aryl methyl sites for hydroxylation is 1. The Labute approximate surface area is 95.1 Å². The third-order valence-corrected chi connectivity index (χ3v) is 3.33. The van der Waals surface area contributed by atoms with E-state index in [9.17, 15) is 0 Å². The molecule has 15 heavy (non-hydrogen) atoms. The minimum Gasteiger partial charge on any atom is -0.313 e. The third-order valence-electron chi connectivity index (χ3n) is 2.34. The van der Waals surface area contributed by atoms with E-state index in [2.05, 4.69) is 22.2 Å². The van der Waals surface area contributed by atoms with E-state index < -0.39 is 0 Å². The molecule has 1 aliphatic carbocycles. The molecule has 1 fully saturated rings. The maximum atomic E-state index is 4.29. The fourth-order valence-electron chi connectivity index (χ4n) is 1.28. The van der Waals surface area contributed by atoms with Crippen molar-refractivity contribution in [2.75, 3.05) is 6.54 Å². The van der Waals surface area contributed by atoms with Crippen LogP contribution in [0.2, 0.25) is 0 Å². The molecule has 1 N–H and O–H groups in total. The fourth-order valence-corrected chi connectivity index (χ4v) is 2.05. The highest BCUT2D eigenvalue weighted by Crippen LogP contribution is 2.21. The van der Waals surface area contributed by atoms with Crippen LogP contribution in [-0.2, 0) is 0 Å². The van der Waals surface area contributed by atoms with E-state index in [1.54, 1.807) is 11.8 Å². The molecule has 0 bridgehead atoms. The van der Waals surface area contributed by atoms with Crippen LogP contribution in [0.3, 0.4) is 0 Å². The van der Waals surface area contributed by atoms with Crippen molar-refractivity contribution in [3.8, 4) is 0 Å². The molecule has 0 aromatic carbocycles. The summed E-state index contributed by atoms with van der Waals surface area (Å²) in [6, 6.07) is 0.784. The molecule has 1 atom stereocenters. The van der Waals surface area contributed by atoms with Gasteiger partial charge in [-0.1, -0.05) is 18.7 Å². The lowest BCUT2D eigenvalue weighted by molar-refractivity contribution is 0.678. The highest BCUT2D eigenvalue weighted by Gasteiger charge is 2.21. The van der Waals surface area contributed by atoms with E-state index in [1.165, 1.54) is 12.8 Å². The summed E-state index contributed by atoms with van der Waals surface area (Å²) in [5.41, 5.74) is 1.11. The van der Waals surface area contributed by atoms with Crippen molar-refractivity contribution < 1.29 is 0 Å². The summed E-state index contributed by atoms with van der Waals surface area (Å²) in [4.78, 5) is 8.57. The lowest BCUT2D eigenvalue weighted by Crippen LogP contribution is -2.24. The van der Waals surface area contributed by atoms with Gasteiger partial charge in [-0.05, 0) is 25.3 Å². The van der Waals surface area contributed by atoms with Gasteiger partial charge < -0.3 is 5.32 Å². The molecule has 2 rings (SSSR count). The minimum atomic E-state index is 0.535. The number of nitrogens with one attached hydrogen (secondary N) is 1. The van der Waals surface area contributed by atoms with Gasteiger partial charge >= 0.3 is 0 Å². The second-order valence-corrected chi connectivity index (χ2v) is 5.56. The van der Waals surface area contributed by atoms with E-state index in [0.29, 0.717) is 5.25 Å². The van der Waals surface area contributed by atoms with E-state index in [0.717, 1.165) is 23.3 Å². The second-order valence-electron chi connectivity index (χ2n) is 4.15. The Hall–Kier alpha value is -0.610. The highest BCUT2D eigenvalue weighted by atomic mass is 32.2. The molecule has 0 saturated heterocycles. The van der Waals surface area contributed by atoms with Crippen LogP contribution in [0.5, 0.6) is 0 Å². The Kier molecular flexibility index (Phi) is 3.59. The monoisotopic (exact) mass is 223 g/mol. The Balaban J connectivity index is 1.76. The molecule has 1 aliphatic rings. The summed E-state index contributed by atoms with van der Waals surface area (Å²) in [5, 5.41) is 4.93. The van der Waals surface area contributed by atoms with Crippen molar-refractivity contribution in [3.05, 3.63) is 18.0 Å². The number of rotatable bonds is 5. The van der Waals surface area contributed by atoms with Crippen LogP contribution >= 0.6 is 11.8 Å². The number of aromatic nitrogens is 2. The average molecular weight is 223 g/mol. The lowest BCUT2D eigenvalue weighted by Gasteiger charge is -2.10. The van der Waals surface area contributed by atoms with Gasteiger partial charge in [0, 0.05) is 30.2 Å². The van der Waals surface area contributed by atoms with Crippen LogP contribution in [0.1, 0.15) is 25.3 Å². The van der Waals surface area contributed by atoms with Crippen molar-refractivity contribution in [1.82, 2.24) is 15.3 Å². The predicted octanol–water partition coefficient (Wildman–Crippen LogP) is 2.02. The minimum absolute atomic E-state index is 0.535. The van der Waals surface area contributed by atoms with E-state index in [4.69, 9.17) is 0 Å². The van der Waals surface area contributed by atoms with Gasteiger partial charge in [-0.15, -0.1) is 0 Å². The van der Waals surface area contributed by atoms with Crippen molar-refractivity contribution in [3.63, 3.8) is 0 Å². The molecule has 4 heteroatoms. The van der Waals surface area contributed by atoms with Crippen LogP contribution in [0.25, 0.3) is 0 Å². The summed E-state index contributed by atoms with van der Waals surface area (Å²) < 4.78 is 0. The molecule has 1 aromatic rings. The smallest absolute Gasteiger partial charge is 0.187 e. The van der Waals surface area contributed by atoms with Crippen LogP contribution in [0, 0.1) is 6.92 Å². The molecule has 1 heterocycles. The van der Waals surface area contributed by atoms with Crippen molar-refractivity contribution in [1.29, 1.82) is 0 Å². The zero-order chi connectivity index (χ0) is 10.7. The molecule has 0 radical (unpaired) electrons. The molecule has 0 spiro atoms. The molecular formula is C11H17N3S. The van der Waals surface area contributed by atoms with Crippen LogP contribution in [0.15, 0.2) is 17.6 Å². The van der Waals surface area contributed by atoms with Gasteiger partial charge in [0.25, 0.3) is 0 Å². The van der Waals surface area contributed by atoms with Gasteiger partial charge in [0.2, 0.25) is 0 Å². The molecule has 1 saturated carbocycles. The van der Waals surface area contributed by atoms with Gasteiger partial charge in [0.1, 0.15) is 0 Å². The summed E-state index contributed by atoms with van der Waals surface area (Å²) in [7, 11) is 0. The van der Waals surface area contributed by atoms with E-state index >= 15 is 0 Å². The third kappa shape index (κ3) is 3.80. The van der Waals surface area contributed by atoms with Gasteiger partial charge in [-0.25, -0.2) is 9.97 Å². The number of nitrogens with zero attached hydrogens (tertiary/aromatic N) is 2. The van der Waals surface area contributed by atoms with Gasteiger partial charge in [0.05, 0.1) is 0 Å². The molecule has 0 aliphatic heterocycles. The summed E-state index contributed by atoms with van der Waals surface area (Å²) in [6.07, 6.45) is 6.43. The fraction of sp³-hybridized carbons (Fsp3) is 0.636. The summed E-state index contributed by atoms with van der Waals surface area (Å²) in [6.45, 7) is 5.27. The Morgan fingerprint density at radius 2 is 2.13 bits per heavy atom. The molecule has 1 aromatic heterocycles. The lowest BCUT2D eigenvalue weighted by atomic mass is 10.4. The van der Waals surface area contributed by atoms with Crippen LogP contribution < -0.4 is 5.32 Å². The number of hydrogen-bond donors (Lipinski definition) is 1. The maximum absolute atomic E-state index is 4.29. The van der Waals surface area contributed by atoms with Crippen molar-refractivity contribution in [2.24, 2.45) is 0 Å². The molecular weight excluding hydrogens is 206 g/mol. The topological polar surface area (TPSA) is 37.8 Å². The normalized spacial score (nSPS) is 17.7. The predicted molar refractivity (Wildman–Crippen MR) is 63.1 cm³/mol.